The molecule has 1 fully saturated rings. The maximum absolute atomic E-state index is 11.8. The van der Waals surface area contributed by atoms with Crippen LogP contribution < -0.4 is 10.6 Å². The van der Waals surface area contributed by atoms with Gasteiger partial charge in [0.25, 0.3) is 0 Å². The quantitative estimate of drug-likeness (QED) is 0.676. The molecule has 0 aromatic carbocycles. The minimum absolute atomic E-state index is 0.0329. The Bertz CT molecular complexity index is 339. The van der Waals surface area contributed by atoms with E-state index in [2.05, 4.69) is 5.32 Å². The molecule has 8 heteroatoms. The summed E-state index contributed by atoms with van der Waals surface area (Å²) in [6.07, 6.45) is -1.83. The van der Waals surface area contributed by atoms with Gasteiger partial charge >= 0.3 is 12.1 Å². The van der Waals surface area contributed by atoms with Crippen LogP contribution in [0.15, 0.2) is 0 Å². The lowest BCUT2D eigenvalue weighted by atomic mass is 9.86. The Kier molecular flexibility index (Phi) is 5.16. The third kappa shape index (κ3) is 5.06. The molecule has 0 saturated heterocycles. The van der Waals surface area contributed by atoms with Crippen molar-refractivity contribution in [3.8, 4) is 0 Å². The van der Waals surface area contributed by atoms with E-state index in [1.165, 1.54) is 0 Å². The zero-order valence-corrected chi connectivity index (χ0v) is 10.3. The molecule has 0 radical (unpaired) electrons. The predicted molar refractivity (Wildman–Crippen MR) is 60.5 cm³/mol. The highest BCUT2D eigenvalue weighted by Crippen LogP contribution is 2.37. The number of alkyl halides is 3. The van der Waals surface area contributed by atoms with Gasteiger partial charge in [0, 0.05) is 6.54 Å². The minimum Gasteiger partial charge on any atom is -0.481 e. The fraction of sp³-hybridized carbons (Fsp3) is 0.818. The summed E-state index contributed by atoms with van der Waals surface area (Å²) in [4.78, 5) is 22.5. The van der Waals surface area contributed by atoms with Gasteiger partial charge in [-0.15, -0.1) is 0 Å². The van der Waals surface area contributed by atoms with E-state index >= 15 is 0 Å². The van der Waals surface area contributed by atoms with Gasteiger partial charge in [0.15, 0.2) is 0 Å². The van der Waals surface area contributed by atoms with Crippen LogP contribution in [-0.2, 0) is 9.59 Å². The van der Waals surface area contributed by atoms with E-state index in [1.54, 1.807) is 0 Å². The van der Waals surface area contributed by atoms with Crippen molar-refractivity contribution >= 4 is 11.9 Å². The van der Waals surface area contributed by atoms with E-state index in [0.717, 1.165) is 12.8 Å². The number of carbonyl (C=O) groups is 2. The highest BCUT2D eigenvalue weighted by molar-refractivity contribution is 5.80. The Labute approximate surface area is 108 Å². The number of carboxylic acid groups (broad SMARTS) is 1. The standard InChI is InChI=1S/C11H17F3N2O3/c12-11(13,14)7-15-5-8(17)16-6-10(9(18)19)3-1-2-4-10/h15H,1-7H2,(H,16,17)(H,18,19). The molecule has 110 valence electrons. The van der Waals surface area contributed by atoms with Crippen LogP contribution >= 0.6 is 0 Å². The zero-order chi connectivity index (χ0) is 14.5. The normalized spacial score (nSPS) is 18.3. The number of rotatable bonds is 6. The molecular weight excluding hydrogens is 265 g/mol. The molecule has 0 atom stereocenters. The van der Waals surface area contributed by atoms with Gasteiger partial charge in [-0.25, -0.2) is 0 Å². The van der Waals surface area contributed by atoms with Crippen LogP contribution in [0.4, 0.5) is 13.2 Å². The summed E-state index contributed by atoms with van der Waals surface area (Å²) in [5.41, 5.74) is -0.959. The van der Waals surface area contributed by atoms with Crippen molar-refractivity contribution in [1.82, 2.24) is 10.6 Å². The molecule has 19 heavy (non-hydrogen) atoms. The lowest BCUT2D eigenvalue weighted by molar-refractivity contribution is -0.148. The van der Waals surface area contributed by atoms with Crippen LogP contribution in [0.1, 0.15) is 25.7 Å². The Morgan fingerprint density at radius 2 is 1.79 bits per heavy atom. The van der Waals surface area contributed by atoms with E-state index in [0.29, 0.717) is 12.8 Å². The molecule has 0 heterocycles. The van der Waals surface area contributed by atoms with Crippen molar-refractivity contribution in [2.75, 3.05) is 19.6 Å². The summed E-state index contributed by atoms with van der Waals surface area (Å²) in [6.45, 7) is -1.76. The number of carboxylic acids is 1. The molecule has 1 aliphatic rings. The smallest absolute Gasteiger partial charge is 0.401 e. The van der Waals surface area contributed by atoms with Gasteiger partial charge < -0.3 is 15.7 Å². The van der Waals surface area contributed by atoms with Crippen LogP contribution in [0.3, 0.4) is 0 Å². The Morgan fingerprint density at radius 1 is 1.21 bits per heavy atom. The summed E-state index contributed by atoms with van der Waals surface area (Å²) in [6, 6.07) is 0. The lowest BCUT2D eigenvalue weighted by Gasteiger charge is -2.24. The first kappa shape index (κ1) is 15.7. The number of hydrogen-bond donors (Lipinski definition) is 3. The molecule has 0 aromatic rings. The van der Waals surface area contributed by atoms with Gasteiger partial charge in [-0.3, -0.25) is 9.59 Å². The molecule has 0 aliphatic heterocycles. The van der Waals surface area contributed by atoms with E-state index in [9.17, 15) is 22.8 Å². The molecule has 0 spiro atoms. The lowest BCUT2D eigenvalue weighted by Crippen LogP contribution is -2.45. The molecule has 1 aliphatic carbocycles. The third-order valence-electron chi connectivity index (χ3n) is 3.25. The molecular formula is C11H17F3N2O3. The molecule has 5 nitrogen and oxygen atoms in total. The number of hydrogen-bond acceptors (Lipinski definition) is 3. The zero-order valence-electron chi connectivity index (χ0n) is 10.3. The van der Waals surface area contributed by atoms with Crippen LogP contribution in [0.2, 0.25) is 0 Å². The predicted octanol–water partition coefficient (Wildman–Crippen LogP) is 0.899. The average Bonchev–Trinajstić information content (AvgIpc) is 2.74. The molecule has 1 rings (SSSR count). The second kappa shape index (κ2) is 6.23. The van der Waals surface area contributed by atoms with Gasteiger partial charge in [0.05, 0.1) is 18.5 Å². The monoisotopic (exact) mass is 282 g/mol. The van der Waals surface area contributed by atoms with E-state index in [4.69, 9.17) is 5.11 Å². The van der Waals surface area contributed by atoms with Crippen molar-refractivity contribution in [3.05, 3.63) is 0 Å². The molecule has 1 amide bonds. The summed E-state index contributed by atoms with van der Waals surface area (Å²) in [5.74, 6) is -1.59. The van der Waals surface area contributed by atoms with Gasteiger partial charge in [-0.1, -0.05) is 12.8 Å². The van der Waals surface area contributed by atoms with Crippen molar-refractivity contribution < 1.29 is 27.9 Å². The summed E-state index contributed by atoms with van der Waals surface area (Å²) >= 11 is 0. The average molecular weight is 282 g/mol. The maximum Gasteiger partial charge on any atom is 0.401 e. The van der Waals surface area contributed by atoms with Gasteiger partial charge in [-0.2, -0.15) is 13.2 Å². The van der Waals surface area contributed by atoms with E-state index < -0.39 is 36.6 Å². The number of aliphatic carboxylic acids is 1. The second-order valence-corrected chi connectivity index (χ2v) is 4.79. The fourth-order valence-electron chi connectivity index (χ4n) is 2.17. The number of nitrogens with one attached hydrogen (secondary N) is 2. The van der Waals surface area contributed by atoms with Crippen LogP contribution in [-0.4, -0.2) is 42.8 Å². The van der Waals surface area contributed by atoms with Crippen LogP contribution in [0.5, 0.6) is 0 Å². The van der Waals surface area contributed by atoms with Gasteiger partial charge in [0.1, 0.15) is 0 Å². The third-order valence-corrected chi connectivity index (χ3v) is 3.25. The van der Waals surface area contributed by atoms with Gasteiger partial charge in [0.2, 0.25) is 5.91 Å². The molecule has 3 N–H and O–H groups in total. The first-order valence-corrected chi connectivity index (χ1v) is 6.03. The fourth-order valence-corrected chi connectivity index (χ4v) is 2.17. The van der Waals surface area contributed by atoms with Crippen molar-refractivity contribution in [3.63, 3.8) is 0 Å². The summed E-state index contributed by atoms with van der Waals surface area (Å²) in [5, 5.41) is 13.5. The Balaban J connectivity index is 2.31. The van der Waals surface area contributed by atoms with E-state index in [-0.39, 0.29) is 6.54 Å². The first-order chi connectivity index (χ1) is 8.75. The first-order valence-electron chi connectivity index (χ1n) is 6.03. The van der Waals surface area contributed by atoms with Crippen LogP contribution in [0, 0.1) is 5.41 Å². The van der Waals surface area contributed by atoms with E-state index in [1.807, 2.05) is 5.32 Å². The summed E-state index contributed by atoms with van der Waals surface area (Å²) in [7, 11) is 0. The maximum atomic E-state index is 11.8. The van der Waals surface area contributed by atoms with Crippen molar-refractivity contribution in [2.45, 2.75) is 31.9 Å². The SMILES string of the molecule is O=C(CNCC(F)(F)F)NCC1(C(=O)O)CCCC1. The van der Waals surface area contributed by atoms with Crippen molar-refractivity contribution in [2.24, 2.45) is 5.41 Å². The second-order valence-electron chi connectivity index (χ2n) is 4.79. The molecule has 0 aromatic heterocycles. The number of halogens is 3. The Morgan fingerprint density at radius 3 is 2.26 bits per heavy atom. The molecule has 0 bridgehead atoms. The number of carbonyl (C=O) groups excluding carboxylic acids is 1. The van der Waals surface area contributed by atoms with Crippen molar-refractivity contribution in [1.29, 1.82) is 0 Å². The molecule has 1 saturated carbocycles. The molecule has 0 unspecified atom stereocenters. The number of amides is 1. The van der Waals surface area contributed by atoms with Gasteiger partial charge in [-0.05, 0) is 12.8 Å². The highest BCUT2D eigenvalue weighted by Gasteiger charge is 2.41. The Hall–Kier alpha value is -1.31. The minimum atomic E-state index is -4.37. The summed E-state index contributed by atoms with van der Waals surface area (Å²) < 4.78 is 35.5. The highest BCUT2D eigenvalue weighted by atomic mass is 19.4. The topological polar surface area (TPSA) is 78.4 Å². The largest absolute Gasteiger partial charge is 0.481 e. The van der Waals surface area contributed by atoms with Crippen LogP contribution in [0.25, 0.3) is 0 Å².